The van der Waals surface area contributed by atoms with Gasteiger partial charge in [-0.05, 0) is 48.6 Å². The third-order valence-electron chi connectivity index (χ3n) is 4.73. The van der Waals surface area contributed by atoms with Crippen LogP contribution in [-0.2, 0) is 0 Å². The van der Waals surface area contributed by atoms with Gasteiger partial charge in [-0.1, -0.05) is 81.8 Å². The number of fused-ring (bicyclic) bond motifs is 1. The van der Waals surface area contributed by atoms with Gasteiger partial charge in [0.05, 0.1) is 5.52 Å². The first-order valence-electron chi connectivity index (χ1n) is 9.24. The lowest BCUT2D eigenvalue weighted by atomic mass is 9.94. The summed E-state index contributed by atoms with van der Waals surface area (Å²) in [4.78, 5) is 0. The Balaban J connectivity index is 2.56. The Hall–Kier alpha value is -3.06. The number of benzene rings is 1. The molecule has 1 aromatic heterocycles. The van der Waals surface area contributed by atoms with Crippen molar-refractivity contribution in [2.24, 2.45) is 0 Å². The van der Waals surface area contributed by atoms with Crippen LogP contribution in [-0.4, -0.2) is 4.57 Å². The molecule has 0 unspecified atom stereocenters. The molecule has 0 amide bonds. The van der Waals surface area contributed by atoms with Crippen LogP contribution in [0.1, 0.15) is 25.8 Å². The predicted octanol–water partition coefficient (Wildman–Crippen LogP) is 7.56. The minimum absolute atomic E-state index is 0.863. The quantitative estimate of drug-likeness (QED) is 0.431. The van der Waals surface area contributed by atoms with Crippen molar-refractivity contribution >= 4 is 16.6 Å². The highest BCUT2D eigenvalue weighted by atomic mass is 15.0. The Morgan fingerprint density at radius 3 is 2.37 bits per heavy atom. The van der Waals surface area contributed by atoms with E-state index in [1.54, 1.807) is 0 Å². The van der Waals surface area contributed by atoms with Crippen LogP contribution in [0.4, 0.5) is 0 Å². The Morgan fingerprint density at radius 2 is 1.74 bits per heavy atom. The lowest BCUT2D eigenvalue weighted by molar-refractivity contribution is 1.15. The van der Waals surface area contributed by atoms with E-state index in [2.05, 4.69) is 94.3 Å². The number of aryl methyl sites for hydroxylation is 1. The standard InChI is InChI=1S/C26H29N/c1-8-11-12-15-19(4)21(6)23(9-2)24(10-3)22(7)27-18-20(5)25-16-13-14-17-26(25)27/h9-18H,2-3,6-8H2,1,4-5H3/b12-11-,19-15+,24-23-. The molecule has 1 nitrogen and oxygen atoms in total. The maximum absolute atomic E-state index is 4.36. The van der Waals surface area contributed by atoms with E-state index in [1.807, 2.05) is 18.2 Å². The monoisotopic (exact) mass is 355 g/mol. The van der Waals surface area contributed by atoms with Crippen molar-refractivity contribution in [1.29, 1.82) is 0 Å². The third-order valence-corrected chi connectivity index (χ3v) is 4.73. The van der Waals surface area contributed by atoms with Gasteiger partial charge in [0.2, 0.25) is 0 Å². The van der Waals surface area contributed by atoms with Crippen LogP contribution in [0.2, 0.25) is 0 Å². The number of nitrogens with zero attached hydrogens (tertiary/aromatic N) is 1. The van der Waals surface area contributed by atoms with Gasteiger partial charge in [-0.2, -0.15) is 0 Å². The number of aromatic nitrogens is 1. The molecule has 0 aliphatic rings. The molecule has 1 heterocycles. The molecular weight excluding hydrogens is 326 g/mol. The van der Waals surface area contributed by atoms with E-state index >= 15 is 0 Å². The maximum atomic E-state index is 4.36. The first kappa shape index (κ1) is 20.3. The number of hydrogen-bond acceptors (Lipinski definition) is 0. The summed E-state index contributed by atoms with van der Waals surface area (Å²) in [5, 5.41) is 1.22. The Bertz CT molecular complexity index is 986. The smallest absolute Gasteiger partial charge is 0.0531 e. The summed E-state index contributed by atoms with van der Waals surface area (Å²) in [6.45, 7) is 23.0. The van der Waals surface area contributed by atoms with E-state index in [0.717, 1.165) is 39.9 Å². The summed E-state index contributed by atoms with van der Waals surface area (Å²) in [5.41, 5.74) is 7.11. The average Bonchev–Trinajstić information content (AvgIpc) is 3.02. The van der Waals surface area contributed by atoms with E-state index in [9.17, 15) is 0 Å². The summed E-state index contributed by atoms with van der Waals surface area (Å²) in [5.74, 6) is 0. The van der Waals surface area contributed by atoms with Crippen molar-refractivity contribution in [3.05, 3.63) is 115 Å². The van der Waals surface area contributed by atoms with E-state index in [4.69, 9.17) is 0 Å². The van der Waals surface area contributed by atoms with E-state index in [-0.39, 0.29) is 0 Å². The van der Waals surface area contributed by atoms with Gasteiger partial charge in [-0.15, -0.1) is 0 Å². The first-order chi connectivity index (χ1) is 13.0. The van der Waals surface area contributed by atoms with Crippen molar-refractivity contribution in [3.8, 4) is 0 Å². The number of para-hydroxylation sites is 1. The van der Waals surface area contributed by atoms with Crippen LogP contribution < -0.4 is 0 Å². The number of rotatable bonds is 8. The second-order valence-electron chi connectivity index (χ2n) is 6.55. The minimum atomic E-state index is 0.863. The first-order valence-corrected chi connectivity index (χ1v) is 9.24. The highest BCUT2D eigenvalue weighted by Gasteiger charge is 2.13. The molecule has 0 fully saturated rings. The van der Waals surface area contributed by atoms with Gasteiger partial charge in [-0.3, -0.25) is 0 Å². The fraction of sp³-hybridized carbons (Fsp3) is 0.154. The largest absolute Gasteiger partial charge is 0.316 e. The van der Waals surface area contributed by atoms with E-state index in [1.165, 1.54) is 10.9 Å². The molecule has 138 valence electrons. The number of hydrogen-bond donors (Lipinski definition) is 0. The van der Waals surface area contributed by atoms with Crippen LogP contribution in [0.5, 0.6) is 0 Å². The van der Waals surface area contributed by atoms with Crippen LogP contribution in [0.15, 0.2) is 109 Å². The molecule has 0 spiro atoms. The van der Waals surface area contributed by atoms with Crippen molar-refractivity contribution in [2.45, 2.75) is 27.2 Å². The van der Waals surface area contributed by atoms with Gasteiger partial charge >= 0.3 is 0 Å². The van der Waals surface area contributed by atoms with E-state index < -0.39 is 0 Å². The predicted molar refractivity (Wildman–Crippen MR) is 122 cm³/mol. The van der Waals surface area contributed by atoms with Gasteiger partial charge in [0, 0.05) is 22.9 Å². The van der Waals surface area contributed by atoms with Crippen molar-refractivity contribution in [3.63, 3.8) is 0 Å². The highest BCUT2D eigenvalue weighted by molar-refractivity contribution is 5.89. The normalized spacial score (nSPS) is 12.9. The topological polar surface area (TPSA) is 4.93 Å². The molecule has 27 heavy (non-hydrogen) atoms. The molecule has 2 rings (SSSR count). The fourth-order valence-corrected chi connectivity index (χ4v) is 3.14. The third kappa shape index (κ3) is 4.20. The van der Waals surface area contributed by atoms with Gasteiger partial charge in [0.15, 0.2) is 0 Å². The summed E-state index contributed by atoms with van der Waals surface area (Å²) >= 11 is 0. The zero-order valence-corrected chi connectivity index (χ0v) is 16.8. The van der Waals surface area contributed by atoms with Crippen LogP contribution in [0, 0.1) is 6.92 Å². The average molecular weight is 356 g/mol. The van der Waals surface area contributed by atoms with Gasteiger partial charge in [0.1, 0.15) is 0 Å². The Morgan fingerprint density at radius 1 is 1.07 bits per heavy atom. The lowest BCUT2D eigenvalue weighted by Gasteiger charge is -2.16. The summed E-state index contributed by atoms with van der Waals surface area (Å²) in [6, 6.07) is 8.34. The number of allylic oxidation sites excluding steroid dienone is 10. The molecule has 1 aromatic carbocycles. The van der Waals surface area contributed by atoms with Crippen molar-refractivity contribution < 1.29 is 0 Å². The molecule has 0 bridgehead atoms. The van der Waals surface area contributed by atoms with Gasteiger partial charge in [-0.25, -0.2) is 0 Å². The van der Waals surface area contributed by atoms with Crippen molar-refractivity contribution in [2.75, 3.05) is 0 Å². The van der Waals surface area contributed by atoms with Crippen LogP contribution >= 0.6 is 0 Å². The molecule has 0 N–H and O–H groups in total. The fourth-order valence-electron chi connectivity index (χ4n) is 3.14. The SMILES string of the molecule is C=C/C(C(=C)/C(C)=C/C=C\CC)=C(\C=C)C(=C)n1cc(C)c2ccccc21. The second kappa shape index (κ2) is 9.05. The highest BCUT2D eigenvalue weighted by Crippen LogP contribution is 2.31. The van der Waals surface area contributed by atoms with Crippen LogP contribution in [0.3, 0.4) is 0 Å². The molecular formula is C26H29N. The van der Waals surface area contributed by atoms with E-state index in [0.29, 0.717) is 0 Å². The molecule has 1 heteroatoms. The van der Waals surface area contributed by atoms with Gasteiger partial charge in [0.25, 0.3) is 0 Å². The summed E-state index contributed by atoms with van der Waals surface area (Å²) in [6.07, 6.45) is 13.1. The Labute approximate surface area is 163 Å². The van der Waals surface area contributed by atoms with Crippen molar-refractivity contribution in [1.82, 2.24) is 4.57 Å². The molecule has 0 saturated carbocycles. The molecule has 0 aliphatic heterocycles. The zero-order chi connectivity index (χ0) is 20.0. The maximum Gasteiger partial charge on any atom is 0.0531 e. The van der Waals surface area contributed by atoms with Gasteiger partial charge < -0.3 is 4.57 Å². The molecule has 0 radical (unpaired) electrons. The summed E-state index contributed by atoms with van der Waals surface area (Å²) < 4.78 is 2.12. The minimum Gasteiger partial charge on any atom is -0.316 e. The zero-order valence-electron chi connectivity index (χ0n) is 16.8. The Kier molecular flexibility index (Phi) is 6.79. The lowest BCUT2D eigenvalue weighted by Crippen LogP contribution is -2.01. The molecule has 2 aromatic rings. The summed E-state index contributed by atoms with van der Waals surface area (Å²) in [7, 11) is 0. The molecule has 0 aliphatic carbocycles. The molecule has 0 saturated heterocycles. The second-order valence-corrected chi connectivity index (χ2v) is 6.55. The molecule has 0 atom stereocenters. The van der Waals surface area contributed by atoms with Crippen LogP contribution in [0.25, 0.3) is 16.6 Å².